The summed E-state index contributed by atoms with van der Waals surface area (Å²) >= 11 is 0.678. The van der Waals surface area contributed by atoms with Crippen LogP contribution in [0.15, 0.2) is 22.8 Å². The van der Waals surface area contributed by atoms with Gasteiger partial charge in [0.05, 0.1) is 12.3 Å². The summed E-state index contributed by atoms with van der Waals surface area (Å²) in [6.07, 6.45) is 0.553. The van der Waals surface area contributed by atoms with E-state index in [-0.39, 0.29) is 17.2 Å². The van der Waals surface area contributed by atoms with Crippen LogP contribution >= 0.6 is 11.3 Å². The highest BCUT2D eigenvalue weighted by molar-refractivity contribution is 7.15. The quantitative estimate of drug-likeness (QED) is 0.912. The Morgan fingerprint density at radius 3 is 3.00 bits per heavy atom. The van der Waals surface area contributed by atoms with E-state index in [0.29, 0.717) is 23.8 Å². The van der Waals surface area contributed by atoms with E-state index in [2.05, 4.69) is 22.4 Å². The number of carbonyl (C=O) groups excluding carboxylic acids is 1. The number of furan rings is 1. The highest BCUT2D eigenvalue weighted by Gasteiger charge is 2.33. The number of aromatic nitrogens is 2. The standard InChI is InChI=1S/C14H16F2N4O2S/c1-8-4-5-20(9(7-8)10-3-2-6-22-10)14(21)17-13-19-18-12(23-13)11(15)16/h2-3,6,8-9,11H,4-5,7H2,1H3,(H,17,19,21)/t8-,9+/m1/s1. The van der Waals surface area contributed by atoms with Gasteiger partial charge in [-0.25, -0.2) is 13.6 Å². The van der Waals surface area contributed by atoms with Gasteiger partial charge in [0, 0.05) is 6.54 Å². The lowest BCUT2D eigenvalue weighted by atomic mass is 9.91. The topological polar surface area (TPSA) is 71.3 Å². The first-order valence-electron chi connectivity index (χ1n) is 7.27. The molecule has 6 nitrogen and oxygen atoms in total. The van der Waals surface area contributed by atoms with Gasteiger partial charge in [-0.3, -0.25) is 5.32 Å². The van der Waals surface area contributed by atoms with Crippen molar-refractivity contribution < 1.29 is 18.0 Å². The minimum absolute atomic E-state index is 0.0714. The lowest BCUT2D eigenvalue weighted by Crippen LogP contribution is -2.42. The molecular weight excluding hydrogens is 326 g/mol. The Balaban J connectivity index is 1.73. The van der Waals surface area contributed by atoms with Crippen LogP contribution in [-0.4, -0.2) is 27.7 Å². The van der Waals surface area contributed by atoms with Crippen molar-refractivity contribution in [3.8, 4) is 0 Å². The zero-order chi connectivity index (χ0) is 16.4. The largest absolute Gasteiger partial charge is 0.467 e. The van der Waals surface area contributed by atoms with Crippen molar-refractivity contribution in [3.63, 3.8) is 0 Å². The van der Waals surface area contributed by atoms with Gasteiger partial charge in [0.1, 0.15) is 5.76 Å². The molecule has 0 aromatic carbocycles. The molecule has 0 radical (unpaired) electrons. The molecule has 2 amide bonds. The zero-order valence-corrected chi connectivity index (χ0v) is 13.2. The van der Waals surface area contributed by atoms with E-state index >= 15 is 0 Å². The predicted molar refractivity (Wildman–Crippen MR) is 80.4 cm³/mol. The van der Waals surface area contributed by atoms with Crippen molar-refractivity contribution in [2.45, 2.75) is 32.2 Å². The maximum absolute atomic E-state index is 12.5. The molecule has 2 aromatic rings. The third-order valence-electron chi connectivity index (χ3n) is 3.84. The molecular formula is C14H16F2N4O2S. The van der Waals surface area contributed by atoms with E-state index in [1.165, 1.54) is 0 Å². The molecule has 3 heterocycles. The number of amides is 2. The molecule has 0 bridgehead atoms. The van der Waals surface area contributed by atoms with Crippen LogP contribution in [0, 0.1) is 5.92 Å². The van der Waals surface area contributed by atoms with Crippen LogP contribution in [0.2, 0.25) is 0 Å². The van der Waals surface area contributed by atoms with Crippen molar-refractivity contribution >= 4 is 22.5 Å². The second kappa shape index (κ2) is 6.61. The molecule has 2 atom stereocenters. The van der Waals surface area contributed by atoms with Crippen molar-refractivity contribution in [3.05, 3.63) is 29.2 Å². The molecule has 9 heteroatoms. The second-order valence-corrected chi connectivity index (χ2v) is 6.54. The number of nitrogens with zero attached hydrogens (tertiary/aromatic N) is 3. The second-order valence-electron chi connectivity index (χ2n) is 5.53. The molecule has 2 aromatic heterocycles. The van der Waals surface area contributed by atoms with Crippen molar-refractivity contribution in [1.82, 2.24) is 15.1 Å². The van der Waals surface area contributed by atoms with Gasteiger partial charge in [-0.05, 0) is 30.9 Å². The van der Waals surface area contributed by atoms with Crippen LogP contribution in [0.1, 0.15) is 43.0 Å². The molecule has 0 aliphatic carbocycles. The van der Waals surface area contributed by atoms with Crippen LogP contribution in [-0.2, 0) is 0 Å². The van der Waals surface area contributed by atoms with Gasteiger partial charge in [0.15, 0.2) is 5.01 Å². The fourth-order valence-electron chi connectivity index (χ4n) is 2.67. The number of hydrogen-bond donors (Lipinski definition) is 1. The number of nitrogens with one attached hydrogen (secondary N) is 1. The number of rotatable bonds is 3. The van der Waals surface area contributed by atoms with Crippen LogP contribution in [0.25, 0.3) is 0 Å². The Morgan fingerprint density at radius 1 is 1.52 bits per heavy atom. The first-order chi connectivity index (χ1) is 11.0. The van der Waals surface area contributed by atoms with Gasteiger partial charge in [0.25, 0.3) is 6.43 Å². The summed E-state index contributed by atoms with van der Waals surface area (Å²) in [4.78, 5) is 14.1. The summed E-state index contributed by atoms with van der Waals surface area (Å²) in [5.74, 6) is 1.19. The first-order valence-corrected chi connectivity index (χ1v) is 8.09. The maximum atomic E-state index is 12.5. The smallest absolute Gasteiger partial charge is 0.324 e. The highest BCUT2D eigenvalue weighted by atomic mass is 32.1. The molecule has 124 valence electrons. The Labute approximate surface area is 135 Å². The fourth-order valence-corrected chi connectivity index (χ4v) is 3.26. The summed E-state index contributed by atoms with van der Waals surface area (Å²) in [5, 5.41) is 9.16. The number of hydrogen-bond acceptors (Lipinski definition) is 5. The zero-order valence-electron chi connectivity index (χ0n) is 12.4. The molecule has 0 saturated carbocycles. The first kappa shape index (κ1) is 15.9. The van der Waals surface area contributed by atoms with Crippen LogP contribution < -0.4 is 5.32 Å². The predicted octanol–water partition coefficient (Wildman–Crippen LogP) is 4.07. The molecule has 1 saturated heterocycles. The summed E-state index contributed by atoms with van der Waals surface area (Å²) in [6.45, 7) is 2.70. The molecule has 0 unspecified atom stereocenters. The summed E-state index contributed by atoms with van der Waals surface area (Å²) in [6, 6.07) is 3.07. The van der Waals surface area contributed by atoms with Crippen LogP contribution in [0.3, 0.4) is 0 Å². The summed E-state index contributed by atoms with van der Waals surface area (Å²) in [5.41, 5.74) is 0. The van der Waals surface area contributed by atoms with E-state index in [1.807, 2.05) is 6.07 Å². The van der Waals surface area contributed by atoms with Gasteiger partial charge in [-0.1, -0.05) is 18.3 Å². The number of alkyl halides is 2. The van der Waals surface area contributed by atoms with Gasteiger partial charge < -0.3 is 9.32 Å². The Kier molecular flexibility index (Phi) is 4.56. The average molecular weight is 342 g/mol. The van der Waals surface area contributed by atoms with E-state index in [1.54, 1.807) is 17.2 Å². The van der Waals surface area contributed by atoms with Gasteiger partial charge in [0.2, 0.25) is 5.13 Å². The van der Waals surface area contributed by atoms with Crippen molar-refractivity contribution in [2.75, 3.05) is 11.9 Å². The third kappa shape index (κ3) is 3.49. The number of anilines is 1. The Morgan fingerprint density at radius 2 is 2.35 bits per heavy atom. The molecule has 1 aliphatic heterocycles. The molecule has 0 spiro atoms. The van der Waals surface area contributed by atoms with Crippen molar-refractivity contribution in [1.29, 1.82) is 0 Å². The molecule has 1 N–H and O–H groups in total. The van der Waals surface area contributed by atoms with E-state index < -0.39 is 11.4 Å². The Bertz CT molecular complexity index is 662. The fraction of sp³-hybridized carbons (Fsp3) is 0.500. The average Bonchev–Trinajstić information content (AvgIpc) is 3.18. The lowest BCUT2D eigenvalue weighted by molar-refractivity contribution is 0.129. The Hall–Kier alpha value is -2.03. The lowest BCUT2D eigenvalue weighted by Gasteiger charge is -2.37. The number of halogens is 2. The minimum Gasteiger partial charge on any atom is -0.467 e. The normalized spacial score (nSPS) is 21.7. The summed E-state index contributed by atoms with van der Waals surface area (Å²) in [7, 11) is 0. The van der Waals surface area contributed by atoms with Crippen LogP contribution in [0.4, 0.5) is 18.7 Å². The van der Waals surface area contributed by atoms with E-state index in [0.717, 1.165) is 18.6 Å². The van der Waals surface area contributed by atoms with E-state index in [9.17, 15) is 13.6 Å². The minimum atomic E-state index is -2.69. The maximum Gasteiger partial charge on any atom is 0.324 e. The summed E-state index contributed by atoms with van der Waals surface area (Å²) < 4.78 is 30.5. The van der Waals surface area contributed by atoms with E-state index in [4.69, 9.17) is 4.42 Å². The SMILES string of the molecule is C[C@@H]1CCN(C(=O)Nc2nnc(C(F)F)s2)[C@H](c2ccco2)C1. The monoisotopic (exact) mass is 342 g/mol. The number of urea groups is 1. The third-order valence-corrected chi connectivity index (χ3v) is 4.68. The molecule has 3 rings (SSSR count). The molecule has 23 heavy (non-hydrogen) atoms. The van der Waals surface area contributed by atoms with Gasteiger partial charge in [-0.2, -0.15) is 0 Å². The molecule has 1 fully saturated rings. The van der Waals surface area contributed by atoms with Crippen LogP contribution in [0.5, 0.6) is 0 Å². The number of piperidine rings is 1. The number of likely N-dealkylation sites (tertiary alicyclic amines) is 1. The highest BCUT2D eigenvalue weighted by Crippen LogP contribution is 2.35. The number of carbonyl (C=O) groups is 1. The van der Waals surface area contributed by atoms with Gasteiger partial charge in [-0.15, -0.1) is 10.2 Å². The van der Waals surface area contributed by atoms with Gasteiger partial charge >= 0.3 is 6.03 Å². The molecule has 1 aliphatic rings. The van der Waals surface area contributed by atoms with Crippen molar-refractivity contribution in [2.24, 2.45) is 5.92 Å².